The van der Waals surface area contributed by atoms with Gasteiger partial charge in [-0.05, 0) is 74.1 Å². The molecule has 0 unspecified atom stereocenters. The predicted octanol–water partition coefficient (Wildman–Crippen LogP) is 13.0. The number of fused-ring (bicyclic) bond motifs is 6. The second-order valence-electron chi connectivity index (χ2n) is 13.0. The largest absolute Gasteiger partial charge is 0.456 e. The van der Waals surface area contributed by atoms with Gasteiger partial charge in [0, 0.05) is 27.5 Å². The van der Waals surface area contributed by atoms with Gasteiger partial charge in [-0.25, -0.2) is 9.97 Å². The van der Waals surface area contributed by atoms with Crippen LogP contribution in [0, 0.1) is 0 Å². The summed E-state index contributed by atoms with van der Waals surface area (Å²) in [5.74, 6) is 0.692. The minimum atomic E-state index is 0.692. The van der Waals surface area contributed by atoms with Crippen molar-refractivity contribution in [2.24, 2.45) is 0 Å². The summed E-state index contributed by atoms with van der Waals surface area (Å²) in [5.41, 5.74) is 11.1. The summed E-state index contributed by atoms with van der Waals surface area (Å²) >= 11 is 0. The SMILES string of the molecule is c1ccc(-c2cc(-c3cccc4oc5ccc(-c6ccc(-c7ccc8c(ccc9ccccc98)c7)cc6)cc5c34)nc(-c3ccccc3)n2)cc1. The van der Waals surface area contributed by atoms with Crippen LogP contribution in [0.4, 0.5) is 0 Å². The molecule has 51 heavy (non-hydrogen) atoms. The first kappa shape index (κ1) is 29.1. The zero-order valence-electron chi connectivity index (χ0n) is 27.6. The highest BCUT2D eigenvalue weighted by atomic mass is 16.3. The number of benzene rings is 8. The van der Waals surface area contributed by atoms with Crippen molar-refractivity contribution in [1.29, 1.82) is 0 Å². The van der Waals surface area contributed by atoms with Crippen LogP contribution in [0.25, 0.3) is 99.6 Å². The summed E-state index contributed by atoms with van der Waals surface area (Å²) in [7, 11) is 0. The molecule has 10 aromatic rings. The first-order valence-electron chi connectivity index (χ1n) is 17.2. The van der Waals surface area contributed by atoms with Crippen molar-refractivity contribution >= 4 is 43.5 Å². The molecule has 10 rings (SSSR count). The van der Waals surface area contributed by atoms with E-state index in [1.165, 1.54) is 32.7 Å². The molecule has 8 aromatic carbocycles. The smallest absolute Gasteiger partial charge is 0.160 e. The molecule has 0 saturated heterocycles. The van der Waals surface area contributed by atoms with Gasteiger partial charge in [0.05, 0.1) is 11.4 Å². The summed E-state index contributed by atoms with van der Waals surface area (Å²) in [6.45, 7) is 0. The fourth-order valence-electron chi connectivity index (χ4n) is 7.33. The van der Waals surface area contributed by atoms with E-state index in [2.05, 4.69) is 133 Å². The van der Waals surface area contributed by atoms with E-state index in [-0.39, 0.29) is 0 Å². The van der Waals surface area contributed by atoms with Crippen LogP contribution in [0.5, 0.6) is 0 Å². The van der Waals surface area contributed by atoms with E-state index in [0.29, 0.717) is 5.82 Å². The maximum absolute atomic E-state index is 6.43. The normalized spacial score (nSPS) is 11.5. The Morgan fingerprint density at radius 1 is 0.333 bits per heavy atom. The lowest BCUT2D eigenvalue weighted by Crippen LogP contribution is -1.96. The Hall–Kier alpha value is -6.84. The minimum Gasteiger partial charge on any atom is -0.456 e. The standard InChI is InChI=1S/C48H30N2O/c1-3-11-34(12-4-1)43-30-44(50-48(49-43)35-13-5-2-6-14-35)41-16-9-17-46-47(41)42-29-37(25-27-45(42)51-46)32-20-18-31(19-21-32)36-24-26-40-38(28-36)23-22-33-10-7-8-15-39(33)40/h1-30H. The summed E-state index contributed by atoms with van der Waals surface area (Å²) in [5, 5.41) is 7.19. The molecule has 238 valence electrons. The first-order valence-corrected chi connectivity index (χ1v) is 17.2. The highest BCUT2D eigenvalue weighted by Crippen LogP contribution is 2.40. The molecule has 0 amide bonds. The van der Waals surface area contributed by atoms with E-state index < -0.39 is 0 Å². The Bertz CT molecular complexity index is 2830. The van der Waals surface area contributed by atoms with Crippen LogP contribution in [0.15, 0.2) is 186 Å². The molecule has 3 nitrogen and oxygen atoms in total. The molecular weight excluding hydrogens is 621 g/mol. The average molecular weight is 651 g/mol. The number of hydrogen-bond acceptors (Lipinski definition) is 3. The van der Waals surface area contributed by atoms with Crippen LogP contribution >= 0.6 is 0 Å². The highest BCUT2D eigenvalue weighted by molar-refractivity contribution is 6.13. The lowest BCUT2D eigenvalue weighted by atomic mass is 9.95. The molecule has 0 bridgehead atoms. The molecule has 2 heterocycles. The third kappa shape index (κ3) is 5.15. The number of aromatic nitrogens is 2. The molecule has 0 spiro atoms. The maximum Gasteiger partial charge on any atom is 0.160 e. The maximum atomic E-state index is 6.43. The van der Waals surface area contributed by atoms with Crippen LogP contribution in [0.3, 0.4) is 0 Å². The highest BCUT2D eigenvalue weighted by Gasteiger charge is 2.17. The second kappa shape index (κ2) is 11.9. The van der Waals surface area contributed by atoms with E-state index in [4.69, 9.17) is 14.4 Å². The Kier molecular flexibility index (Phi) is 6.81. The molecule has 0 fully saturated rings. The van der Waals surface area contributed by atoms with Crippen molar-refractivity contribution in [3.63, 3.8) is 0 Å². The van der Waals surface area contributed by atoms with Crippen molar-refractivity contribution in [3.05, 3.63) is 182 Å². The first-order chi connectivity index (χ1) is 25.2. The molecule has 0 saturated carbocycles. The Labute approximate surface area is 295 Å². The van der Waals surface area contributed by atoms with Crippen LogP contribution in [0.1, 0.15) is 0 Å². The van der Waals surface area contributed by atoms with Crippen LogP contribution in [0.2, 0.25) is 0 Å². The number of furan rings is 1. The predicted molar refractivity (Wildman–Crippen MR) is 212 cm³/mol. The quantitative estimate of drug-likeness (QED) is 0.174. The fraction of sp³-hybridized carbons (Fsp3) is 0. The molecule has 0 aliphatic heterocycles. The Morgan fingerprint density at radius 3 is 1.76 bits per heavy atom. The van der Waals surface area contributed by atoms with Gasteiger partial charge in [0.15, 0.2) is 5.82 Å². The molecule has 2 aromatic heterocycles. The molecule has 3 heteroatoms. The minimum absolute atomic E-state index is 0.692. The van der Waals surface area contributed by atoms with E-state index in [9.17, 15) is 0 Å². The van der Waals surface area contributed by atoms with Crippen molar-refractivity contribution in [2.75, 3.05) is 0 Å². The van der Waals surface area contributed by atoms with Crippen molar-refractivity contribution in [1.82, 2.24) is 9.97 Å². The van der Waals surface area contributed by atoms with E-state index in [1.807, 2.05) is 48.5 Å². The lowest BCUT2D eigenvalue weighted by molar-refractivity contribution is 0.669. The topological polar surface area (TPSA) is 38.9 Å². The van der Waals surface area contributed by atoms with E-state index >= 15 is 0 Å². The number of hydrogen-bond donors (Lipinski definition) is 0. The summed E-state index contributed by atoms with van der Waals surface area (Å²) < 4.78 is 6.43. The van der Waals surface area contributed by atoms with Crippen LogP contribution < -0.4 is 0 Å². The molecule has 0 atom stereocenters. The average Bonchev–Trinajstić information content (AvgIpc) is 3.59. The Morgan fingerprint density at radius 2 is 0.961 bits per heavy atom. The van der Waals surface area contributed by atoms with E-state index in [1.54, 1.807) is 0 Å². The number of rotatable bonds is 5. The van der Waals surface area contributed by atoms with Crippen molar-refractivity contribution in [2.45, 2.75) is 0 Å². The molecule has 0 radical (unpaired) electrons. The summed E-state index contributed by atoms with van der Waals surface area (Å²) in [6, 6.07) is 63.9. The van der Waals surface area contributed by atoms with Crippen LogP contribution in [-0.2, 0) is 0 Å². The van der Waals surface area contributed by atoms with Gasteiger partial charge in [0.2, 0.25) is 0 Å². The van der Waals surface area contributed by atoms with Gasteiger partial charge in [-0.3, -0.25) is 0 Å². The van der Waals surface area contributed by atoms with Crippen molar-refractivity contribution < 1.29 is 4.42 Å². The zero-order valence-corrected chi connectivity index (χ0v) is 27.6. The Balaban J connectivity index is 1.06. The zero-order chi connectivity index (χ0) is 33.7. The van der Waals surface area contributed by atoms with Gasteiger partial charge in [-0.2, -0.15) is 0 Å². The summed E-state index contributed by atoms with van der Waals surface area (Å²) in [6.07, 6.45) is 0. The third-order valence-electron chi connectivity index (χ3n) is 9.90. The van der Waals surface area contributed by atoms with Gasteiger partial charge in [0.1, 0.15) is 11.2 Å². The number of nitrogens with zero attached hydrogens (tertiary/aromatic N) is 2. The van der Waals surface area contributed by atoms with Gasteiger partial charge >= 0.3 is 0 Å². The third-order valence-corrected chi connectivity index (χ3v) is 9.90. The van der Waals surface area contributed by atoms with Gasteiger partial charge in [-0.15, -0.1) is 0 Å². The van der Waals surface area contributed by atoms with Gasteiger partial charge in [-0.1, -0.05) is 152 Å². The fourth-order valence-corrected chi connectivity index (χ4v) is 7.33. The van der Waals surface area contributed by atoms with E-state index in [0.717, 1.165) is 61.1 Å². The monoisotopic (exact) mass is 650 g/mol. The molecule has 0 aliphatic carbocycles. The molecule has 0 N–H and O–H groups in total. The molecule has 0 aliphatic rings. The summed E-state index contributed by atoms with van der Waals surface area (Å²) in [4.78, 5) is 10.1. The molecular formula is C48H30N2O. The lowest BCUT2D eigenvalue weighted by Gasteiger charge is -2.10. The second-order valence-corrected chi connectivity index (χ2v) is 13.0. The van der Waals surface area contributed by atoms with Gasteiger partial charge in [0.25, 0.3) is 0 Å². The van der Waals surface area contributed by atoms with Gasteiger partial charge < -0.3 is 4.42 Å². The van der Waals surface area contributed by atoms with Crippen LogP contribution in [-0.4, -0.2) is 9.97 Å². The van der Waals surface area contributed by atoms with Crippen molar-refractivity contribution in [3.8, 4) is 56.2 Å².